The van der Waals surface area contributed by atoms with Gasteiger partial charge in [0.05, 0.1) is 5.41 Å². The Morgan fingerprint density at radius 2 is 2.05 bits per heavy atom. The lowest BCUT2D eigenvalue weighted by atomic mass is 9.69. The van der Waals surface area contributed by atoms with Crippen molar-refractivity contribution in [1.82, 2.24) is 10.4 Å². The molecular weight excluding hydrogens is 244 g/mol. The van der Waals surface area contributed by atoms with Crippen molar-refractivity contribution in [2.45, 2.75) is 58.4 Å². The van der Waals surface area contributed by atoms with E-state index in [0.29, 0.717) is 12.5 Å². The van der Waals surface area contributed by atoms with Crippen LogP contribution in [0.15, 0.2) is 0 Å². The van der Waals surface area contributed by atoms with Crippen LogP contribution in [0.3, 0.4) is 0 Å². The molecular formula is C14H24N2O3. The molecule has 2 fully saturated rings. The van der Waals surface area contributed by atoms with Crippen LogP contribution in [0, 0.1) is 11.3 Å². The second-order valence-corrected chi connectivity index (χ2v) is 6.15. The van der Waals surface area contributed by atoms with Crippen molar-refractivity contribution in [3.05, 3.63) is 0 Å². The van der Waals surface area contributed by atoms with E-state index in [1.165, 1.54) is 19.3 Å². The standard InChI is InChI=1S/C14H24N2O3/c1-10(12(17)15-19)16-9-8-14(2,13(16)18)11-6-4-3-5-7-11/h10-11,19H,3-9H2,1-2H3,(H,15,17). The molecule has 0 aromatic carbocycles. The molecule has 5 heteroatoms. The predicted molar refractivity (Wildman–Crippen MR) is 70.4 cm³/mol. The van der Waals surface area contributed by atoms with Gasteiger partial charge in [-0.1, -0.05) is 26.2 Å². The van der Waals surface area contributed by atoms with Gasteiger partial charge >= 0.3 is 0 Å². The maximum atomic E-state index is 12.7. The second-order valence-electron chi connectivity index (χ2n) is 6.15. The number of nitrogens with one attached hydrogen (secondary N) is 1. The first-order valence-corrected chi connectivity index (χ1v) is 7.25. The number of carbonyl (C=O) groups excluding carboxylic acids is 2. The second kappa shape index (κ2) is 5.49. The zero-order valence-corrected chi connectivity index (χ0v) is 11.8. The quantitative estimate of drug-likeness (QED) is 0.604. The van der Waals surface area contributed by atoms with Gasteiger partial charge in [0.2, 0.25) is 5.91 Å². The van der Waals surface area contributed by atoms with Crippen molar-refractivity contribution in [3.8, 4) is 0 Å². The number of amides is 2. The van der Waals surface area contributed by atoms with Gasteiger partial charge in [-0.2, -0.15) is 0 Å². The number of hydrogen-bond donors (Lipinski definition) is 2. The topological polar surface area (TPSA) is 69.6 Å². The first kappa shape index (κ1) is 14.3. The van der Waals surface area contributed by atoms with Crippen LogP contribution in [-0.4, -0.2) is 34.5 Å². The van der Waals surface area contributed by atoms with E-state index in [-0.39, 0.29) is 11.3 Å². The SMILES string of the molecule is CC(C(=O)NO)N1CCC(C)(C2CCCCC2)C1=O. The summed E-state index contributed by atoms with van der Waals surface area (Å²) in [6.45, 7) is 4.32. The largest absolute Gasteiger partial charge is 0.330 e. The molecule has 108 valence electrons. The van der Waals surface area contributed by atoms with Gasteiger partial charge in [-0.05, 0) is 32.1 Å². The van der Waals surface area contributed by atoms with Crippen molar-refractivity contribution in [1.29, 1.82) is 0 Å². The minimum atomic E-state index is -0.595. The Morgan fingerprint density at radius 1 is 1.42 bits per heavy atom. The minimum Gasteiger partial charge on any atom is -0.330 e. The maximum Gasteiger partial charge on any atom is 0.265 e. The highest BCUT2D eigenvalue weighted by Gasteiger charge is 2.49. The molecule has 1 saturated carbocycles. The van der Waals surface area contributed by atoms with Crippen LogP contribution in [0.5, 0.6) is 0 Å². The summed E-state index contributed by atoms with van der Waals surface area (Å²) in [5.41, 5.74) is 1.32. The van der Waals surface area contributed by atoms with Crippen LogP contribution in [-0.2, 0) is 9.59 Å². The van der Waals surface area contributed by atoms with Crippen LogP contribution in [0.4, 0.5) is 0 Å². The molecule has 0 aromatic heterocycles. The number of hydroxylamine groups is 1. The van der Waals surface area contributed by atoms with Gasteiger partial charge in [0.25, 0.3) is 5.91 Å². The molecule has 2 atom stereocenters. The summed E-state index contributed by atoms with van der Waals surface area (Å²) >= 11 is 0. The summed E-state index contributed by atoms with van der Waals surface area (Å²) in [5.74, 6) is 0.0138. The maximum absolute atomic E-state index is 12.7. The van der Waals surface area contributed by atoms with Crippen LogP contribution in [0.2, 0.25) is 0 Å². The van der Waals surface area contributed by atoms with Gasteiger partial charge in [-0.15, -0.1) is 0 Å². The van der Waals surface area contributed by atoms with Gasteiger partial charge < -0.3 is 4.90 Å². The molecule has 19 heavy (non-hydrogen) atoms. The molecule has 0 bridgehead atoms. The molecule has 1 saturated heterocycles. The third-order valence-electron chi connectivity index (χ3n) is 5.08. The van der Waals surface area contributed by atoms with Crippen LogP contribution in [0.1, 0.15) is 52.4 Å². The Kier molecular flexibility index (Phi) is 4.13. The number of nitrogens with zero attached hydrogens (tertiary/aromatic N) is 1. The molecule has 5 nitrogen and oxygen atoms in total. The summed E-state index contributed by atoms with van der Waals surface area (Å²) < 4.78 is 0. The van der Waals surface area contributed by atoms with E-state index in [0.717, 1.165) is 19.3 Å². The molecule has 2 aliphatic rings. The summed E-state index contributed by atoms with van der Waals surface area (Å²) in [6, 6.07) is -0.595. The lowest BCUT2D eigenvalue weighted by Crippen LogP contribution is -2.48. The summed E-state index contributed by atoms with van der Waals surface area (Å²) in [5, 5.41) is 8.69. The third-order valence-corrected chi connectivity index (χ3v) is 5.08. The van der Waals surface area contributed by atoms with Crippen LogP contribution in [0.25, 0.3) is 0 Å². The number of carbonyl (C=O) groups is 2. The van der Waals surface area contributed by atoms with Crippen LogP contribution < -0.4 is 5.48 Å². The number of rotatable bonds is 3. The average Bonchev–Trinajstić information content (AvgIpc) is 2.76. The highest BCUT2D eigenvalue weighted by molar-refractivity contribution is 5.90. The highest BCUT2D eigenvalue weighted by Crippen LogP contribution is 2.45. The van der Waals surface area contributed by atoms with Gasteiger partial charge in [0.1, 0.15) is 6.04 Å². The molecule has 0 spiro atoms. The van der Waals surface area contributed by atoms with E-state index in [1.807, 2.05) is 0 Å². The number of likely N-dealkylation sites (tertiary alicyclic amines) is 1. The molecule has 2 unspecified atom stereocenters. The van der Waals surface area contributed by atoms with E-state index in [4.69, 9.17) is 5.21 Å². The fraction of sp³-hybridized carbons (Fsp3) is 0.857. The van der Waals surface area contributed by atoms with Gasteiger partial charge in [-0.25, -0.2) is 5.48 Å². The molecule has 0 aromatic rings. The summed E-state index contributed by atoms with van der Waals surface area (Å²) in [6.07, 6.45) is 6.75. The zero-order valence-electron chi connectivity index (χ0n) is 11.8. The normalized spacial score (nSPS) is 30.5. The first-order chi connectivity index (χ1) is 9.00. The smallest absolute Gasteiger partial charge is 0.265 e. The fourth-order valence-electron chi connectivity index (χ4n) is 3.61. The summed E-state index contributed by atoms with van der Waals surface area (Å²) in [4.78, 5) is 25.7. The Labute approximate surface area is 114 Å². The van der Waals surface area contributed by atoms with E-state index < -0.39 is 11.9 Å². The molecule has 1 aliphatic heterocycles. The molecule has 2 rings (SSSR count). The number of hydrogen-bond acceptors (Lipinski definition) is 3. The molecule has 0 radical (unpaired) electrons. The molecule has 1 heterocycles. The Bertz CT molecular complexity index is 366. The predicted octanol–water partition coefficient (Wildman–Crippen LogP) is 1.70. The Morgan fingerprint density at radius 3 is 2.63 bits per heavy atom. The lowest BCUT2D eigenvalue weighted by Gasteiger charge is -2.35. The van der Waals surface area contributed by atoms with Crippen molar-refractivity contribution in [2.24, 2.45) is 11.3 Å². The minimum absolute atomic E-state index is 0.0792. The molecule has 2 amide bonds. The van der Waals surface area contributed by atoms with Crippen molar-refractivity contribution >= 4 is 11.8 Å². The Balaban J connectivity index is 2.09. The van der Waals surface area contributed by atoms with Gasteiger partial charge in [0, 0.05) is 6.54 Å². The van der Waals surface area contributed by atoms with Crippen molar-refractivity contribution < 1.29 is 14.8 Å². The molecule has 2 N–H and O–H groups in total. The van der Waals surface area contributed by atoms with Crippen molar-refractivity contribution in [3.63, 3.8) is 0 Å². The zero-order chi connectivity index (χ0) is 14.0. The van der Waals surface area contributed by atoms with Crippen LogP contribution >= 0.6 is 0 Å². The monoisotopic (exact) mass is 268 g/mol. The van der Waals surface area contributed by atoms with Crippen molar-refractivity contribution in [2.75, 3.05) is 6.54 Å². The fourth-order valence-corrected chi connectivity index (χ4v) is 3.61. The van der Waals surface area contributed by atoms with E-state index in [9.17, 15) is 9.59 Å². The first-order valence-electron chi connectivity index (χ1n) is 7.25. The van der Waals surface area contributed by atoms with E-state index in [1.54, 1.807) is 17.3 Å². The van der Waals surface area contributed by atoms with Gasteiger partial charge in [-0.3, -0.25) is 14.8 Å². The highest BCUT2D eigenvalue weighted by atomic mass is 16.5. The summed E-state index contributed by atoms with van der Waals surface area (Å²) in [7, 11) is 0. The lowest BCUT2D eigenvalue weighted by molar-refractivity contribution is -0.146. The molecule has 1 aliphatic carbocycles. The Hall–Kier alpha value is -1.10. The van der Waals surface area contributed by atoms with E-state index in [2.05, 4.69) is 6.92 Å². The van der Waals surface area contributed by atoms with Gasteiger partial charge in [0.15, 0.2) is 0 Å². The van der Waals surface area contributed by atoms with E-state index >= 15 is 0 Å². The average molecular weight is 268 g/mol. The third kappa shape index (κ3) is 2.48.